The van der Waals surface area contributed by atoms with E-state index in [1.165, 1.54) is 6.42 Å². The van der Waals surface area contributed by atoms with Gasteiger partial charge < -0.3 is 10.2 Å². The minimum Gasteiger partial charge on any atom is -0.358 e. The van der Waals surface area contributed by atoms with Crippen LogP contribution in [-0.4, -0.2) is 34.4 Å². The normalized spacial score (nSPS) is 20.1. The molecule has 1 aromatic rings. The number of nitriles is 1. The highest BCUT2D eigenvalue weighted by Gasteiger charge is 2.27. The SMILES string of the molecule is C[C@H](Nc1ncccc1C#N)C(=O)N1CCCC[C@H]1C. The van der Waals surface area contributed by atoms with Gasteiger partial charge in [-0.05, 0) is 45.2 Å². The molecule has 1 aliphatic heterocycles. The van der Waals surface area contributed by atoms with Crippen LogP contribution in [0.3, 0.4) is 0 Å². The molecule has 2 rings (SSSR count). The lowest BCUT2D eigenvalue weighted by molar-refractivity contribution is -0.134. The van der Waals surface area contributed by atoms with Crippen LogP contribution in [0.1, 0.15) is 38.7 Å². The van der Waals surface area contributed by atoms with Crippen LogP contribution in [0.15, 0.2) is 18.3 Å². The molecule has 0 saturated carbocycles. The fourth-order valence-corrected chi connectivity index (χ4v) is 2.55. The number of carbonyl (C=O) groups is 1. The molecule has 0 radical (unpaired) electrons. The van der Waals surface area contributed by atoms with Crippen LogP contribution < -0.4 is 5.32 Å². The van der Waals surface area contributed by atoms with Crippen LogP contribution in [0, 0.1) is 11.3 Å². The van der Waals surface area contributed by atoms with Gasteiger partial charge in [-0.25, -0.2) is 4.98 Å². The van der Waals surface area contributed by atoms with Crippen molar-refractivity contribution in [3.63, 3.8) is 0 Å². The van der Waals surface area contributed by atoms with E-state index in [2.05, 4.69) is 23.3 Å². The Morgan fingerprint density at radius 3 is 3.10 bits per heavy atom. The third-order valence-electron chi connectivity index (χ3n) is 3.74. The number of rotatable bonds is 3. The van der Waals surface area contributed by atoms with Gasteiger partial charge in [0.1, 0.15) is 17.9 Å². The van der Waals surface area contributed by atoms with E-state index in [-0.39, 0.29) is 11.9 Å². The van der Waals surface area contributed by atoms with E-state index < -0.39 is 0 Å². The van der Waals surface area contributed by atoms with Gasteiger partial charge in [-0.3, -0.25) is 4.79 Å². The quantitative estimate of drug-likeness (QED) is 0.915. The third-order valence-corrected chi connectivity index (χ3v) is 3.74. The molecule has 1 saturated heterocycles. The molecule has 1 aromatic heterocycles. The number of amides is 1. The zero-order chi connectivity index (χ0) is 14.5. The van der Waals surface area contributed by atoms with Crippen LogP contribution in [-0.2, 0) is 4.79 Å². The van der Waals surface area contributed by atoms with E-state index >= 15 is 0 Å². The summed E-state index contributed by atoms with van der Waals surface area (Å²) in [4.78, 5) is 18.5. The van der Waals surface area contributed by atoms with Crippen molar-refractivity contribution in [2.24, 2.45) is 0 Å². The fraction of sp³-hybridized carbons (Fsp3) is 0.533. The van der Waals surface area contributed by atoms with Crippen molar-refractivity contribution < 1.29 is 4.79 Å². The molecule has 0 aliphatic carbocycles. The lowest BCUT2D eigenvalue weighted by atomic mass is 10.0. The van der Waals surface area contributed by atoms with E-state index in [0.717, 1.165) is 19.4 Å². The Balaban J connectivity index is 2.06. The maximum atomic E-state index is 12.5. The second kappa shape index (κ2) is 6.38. The van der Waals surface area contributed by atoms with Crippen molar-refractivity contribution in [3.05, 3.63) is 23.9 Å². The van der Waals surface area contributed by atoms with Crippen LogP contribution in [0.2, 0.25) is 0 Å². The molecule has 1 fully saturated rings. The Bertz CT molecular complexity index is 523. The summed E-state index contributed by atoms with van der Waals surface area (Å²) in [5.74, 6) is 0.548. The molecule has 0 spiro atoms. The Morgan fingerprint density at radius 1 is 1.60 bits per heavy atom. The van der Waals surface area contributed by atoms with Crippen molar-refractivity contribution in [3.8, 4) is 6.07 Å². The van der Waals surface area contributed by atoms with E-state index in [0.29, 0.717) is 17.4 Å². The molecule has 1 aliphatic rings. The third kappa shape index (κ3) is 3.08. The van der Waals surface area contributed by atoms with E-state index in [1.54, 1.807) is 18.3 Å². The molecule has 0 bridgehead atoms. The number of nitrogens with one attached hydrogen (secondary N) is 1. The van der Waals surface area contributed by atoms with Crippen LogP contribution in [0.4, 0.5) is 5.82 Å². The Labute approximate surface area is 119 Å². The second-order valence-corrected chi connectivity index (χ2v) is 5.25. The highest BCUT2D eigenvalue weighted by Crippen LogP contribution is 2.19. The fourth-order valence-electron chi connectivity index (χ4n) is 2.55. The van der Waals surface area contributed by atoms with Crippen molar-refractivity contribution in [2.45, 2.75) is 45.2 Å². The van der Waals surface area contributed by atoms with Gasteiger partial charge in [0.2, 0.25) is 5.91 Å². The topological polar surface area (TPSA) is 69.0 Å². The summed E-state index contributed by atoms with van der Waals surface area (Å²) in [5.41, 5.74) is 0.457. The summed E-state index contributed by atoms with van der Waals surface area (Å²) >= 11 is 0. The molecule has 2 atom stereocenters. The number of hydrogen-bond donors (Lipinski definition) is 1. The zero-order valence-electron chi connectivity index (χ0n) is 12.0. The number of piperidine rings is 1. The summed E-state index contributed by atoms with van der Waals surface area (Å²) in [5, 5.41) is 12.1. The molecule has 5 heteroatoms. The van der Waals surface area contributed by atoms with Crippen molar-refractivity contribution in [1.82, 2.24) is 9.88 Å². The van der Waals surface area contributed by atoms with Gasteiger partial charge in [0, 0.05) is 18.8 Å². The van der Waals surface area contributed by atoms with Gasteiger partial charge in [0.15, 0.2) is 0 Å². The van der Waals surface area contributed by atoms with E-state index in [1.807, 2.05) is 11.8 Å². The minimum absolute atomic E-state index is 0.0757. The van der Waals surface area contributed by atoms with Crippen LogP contribution in [0.5, 0.6) is 0 Å². The van der Waals surface area contributed by atoms with Gasteiger partial charge in [-0.2, -0.15) is 5.26 Å². The van der Waals surface area contributed by atoms with Crippen LogP contribution in [0.25, 0.3) is 0 Å². The van der Waals surface area contributed by atoms with Crippen molar-refractivity contribution in [2.75, 3.05) is 11.9 Å². The van der Waals surface area contributed by atoms with Crippen molar-refractivity contribution in [1.29, 1.82) is 5.26 Å². The highest BCUT2D eigenvalue weighted by molar-refractivity contribution is 5.84. The van der Waals surface area contributed by atoms with Gasteiger partial charge in [0.25, 0.3) is 0 Å². The first-order valence-corrected chi connectivity index (χ1v) is 7.05. The number of hydrogen-bond acceptors (Lipinski definition) is 4. The first-order valence-electron chi connectivity index (χ1n) is 7.05. The highest BCUT2D eigenvalue weighted by atomic mass is 16.2. The lowest BCUT2D eigenvalue weighted by Gasteiger charge is -2.35. The number of likely N-dealkylation sites (tertiary alicyclic amines) is 1. The number of nitrogens with zero attached hydrogens (tertiary/aromatic N) is 3. The monoisotopic (exact) mass is 272 g/mol. The maximum absolute atomic E-state index is 12.5. The smallest absolute Gasteiger partial charge is 0.245 e. The number of carbonyl (C=O) groups excluding carboxylic acids is 1. The molecule has 5 nitrogen and oxygen atoms in total. The lowest BCUT2D eigenvalue weighted by Crippen LogP contribution is -2.48. The molecule has 20 heavy (non-hydrogen) atoms. The Morgan fingerprint density at radius 2 is 2.40 bits per heavy atom. The minimum atomic E-state index is -0.377. The Hall–Kier alpha value is -2.09. The number of anilines is 1. The number of aromatic nitrogens is 1. The molecule has 106 valence electrons. The van der Waals surface area contributed by atoms with Gasteiger partial charge in [-0.15, -0.1) is 0 Å². The van der Waals surface area contributed by atoms with Crippen LogP contribution >= 0.6 is 0 Å². The summed E-state index contributed by atoms with van der Waals surface area (Å²) in [7, 11) is 0. The molecule has 1 amide bonds. The summed E-state index contributed by atoms with van der Waals surface area (Å²) in [6.45, 7) is 4.73. The molecule has 0 unspecified atom stereocenters. The molecule has 1 N–H and O–H groups in total. The standard InChI is InChI=1S/C15H20N4O/c1-11-6-3-4-9-19(11)15(20)12(2)18-14-13(10-16)7-5-8-17-14/h5,7-8,11-12H,3-4,6,9H2,1-2H3,(H,17,18)/t11-,12+/m1/s1. The first kappa shape index (κ1) is 14.3. The predicted molar refractivity (Wildman–Crippen MR) is 77.1 cm³/mol. The molecular formula is C15H20N4O. The molecule has 2 heterocycles. The number of pyridine rings is 1. The average Bonchev–Trinajstić information content (AvgIpc) is 2.47. The van der Waals surface area contributed by atoms with Gasteiger partial charge in [-0.1, -0.05) is 0 Å². The van der Waals surface area contributed by atoms with Gasteiger partial charge >= 0.3 is 0 Å². The van der Waals surface area contributed by atoms with Crippen molar-refractivity contribution >= 4 is 11.7 Å². The molecular weight excluding hydrogens is 252 g/mol. The summed E-state index contributed by atoms with van der Waals surface area (Å²) < 4.78 is 0. The maximum Gasteiger partial charge on any atom is 0.245 e. The summed E-state index contributed by atoms with van der Waals surface area (Å²) in [6.07, 6.45) is 4.93. The first-order chi connectivity index (χ1) is 9.63. The van der Waals surface area contributed by atoms with E-state index in [4.69, 9.17) is 5.26 Å². The Kier molecular flexibility index (Phi) is 4.57. The molecule has 0 aromatic carbocycles. The average molecular weight is 272 g/mol. The largest absolute Gasteiger partial charge is 0.358 e. The van der Waals surface area contributed by atoms with Gasteiger partial charge in [0.05, 0.1) is 5.56 Å². The predicted octanol–water partition coefficient (Wildman–Crippen LogP) is 2.15. The zero-order valence-corrected chi connectivity index (χ0v) is 12.0. The summed E-state index contributed by atoms with van der Waals surface area (Å²) in [6, 6.07) is 5.39. The second-order valence-electron chi connectivity index (χ2n) is 5.25. The van der Waals surface area contributed by atoms with E-state index in [9.17, 15) is 4.79 Å².